The van der Waals surface area contributed by atoms with Crippen LogP contribution in [0.15, 0.2) is 36.4 Å². The van der Waals surface area contributed by atoms with E-state index < -0.39 is 6.04 Å². The molecular formula is C25H32Cl2N2O3. The standard InChI is InChI=1S/C25H32Cl2N2O3/c1-6-18(5)28-25(31)23(7-2)29(14-19-8-9-20(26)13-22(19)27)24(30)15-32-21-11-16(3)10-17(4)12-21/h8-13,18,23H,6-7,14-15H2,1-5H3,(H,28,31)/t18-,23+/m0/s1. The number of ether oxygens (including phenoxy) is 1. The van der Waals surface area contributed by atoms with Crippen LogP contribution < -0.4 is 10.1 Å². The zero-order valence-corrected chi connectivity index (χ0v) is 20.9. The van der Waals surface area contributed by atoms with Crippen molar-refractivity contribution in [3.63, 3.8) is 0 Å². The number of carbonyl (C=O) groups is 2. The van der Waals surface area contributed by atoms with Crippen molar-refractivity contribution in [2.24, 2.45) is 0 Å². The second kappa shape index (κ2) is 12.1. The van der Waals surface area contributed by atoms with Crippen LogP contribution in [0.5, 0.6) is 5.75 Å². The van der Waals surface area contributed by atoms with Crippen LogP contribution in [0, 0.1) is 13.8 Å². The van der Waals surface area contributed by atoms with E-state index in [0.29, 0.717) is 27.8 Å². The van der Waals surface area contributed by atoms with Gasteiger partial charge >= 0.3 is 0 Å². The second-order valence-corrected chi connectivity index (χ2v) is 8.96. The first-order valence-electron chi connectivity index (χ1n) is 10.9. The normalized spacial score (nSPS) is 12.7. The van der Waals surface area contributed by atoms with Crippen LogP contribution in [0.1, 0.15) is 50.3 Å². The number of hydrogen-bond donors (Lipinski definition) is 1. The van der Waals surface area contributed by atoms with E-state index in [1.807, 2.05) is 52.8 Å². The van der Waals surface area contributed by atoms with Gasteiger partial charge in [-0.2, -0.15) is 0 Å². The van der Waals surface area contributed by atoms with Crippen molar-refractivity contribution < 1.29 is 14.3 Å². The molecule has 0 spiro atoms. The minimum Gasteiger partial charge on any atom is -0.484 e. The molecule has 0 bridgehead atoms. The molecule has 0 aliphatic rings. The molecule has 5 nitrogen and oxygen atoms in total. The Morgan fingerprint density at radius 1 is 1.03 bits per heavy atom. The van der Waals surface area contributed by atoms with Crippen molar-refractivity contribution in [1.29, 1.82) is 0 Å². The topological polar surface area (TPSA) is 58.6 Å². The predicted octanol–water partition coefficient (Wildman–Crippen LogP) is 5.71. The number of hydrogen-bond acceptors (Lipinski definition) is 3. The van der Waals surface area contributed by atoms with Crippen molar-refractivity contribution in [1.82, 2.24) is 10.2 Å². The Bertz CT molecular complexity index is 929. The Morgan fingerprint density at radius 3 is 2.25 bits per heavy atom. The Morgan fingerprint density at radius 2 is 1.69 bits per heavy atom. The van der Waals surface area contributed by atoms with Crippen molar-refractivity contribution in [2.45, 2.75) is 66.1 Å². The van der Waals surface area contributed by atoms with E-state index in [4.69, 9.17) is 27.9 Å². The van der Waals surface area contributed by atoms with Crippen LogP contribution in [0.2, 0.25) is 10.0 Å². The third-order valence-corrected chi connectivity index (χ3v) is 5.89. The number of nitrogens with zero attached hydrogens (tertiary/aromatic N) is 1. The predicted molar refractivity (Wildman–Crippen MR) is 130 cm³/mol. The van der Waals surface area contributed by atoms with E-state index in [-0.39, 0.29) is 31.0 Å². The highest BCUT2D eigenvalue weighted by atomic mass is 35.5. The molecule has 174 valence electrons. The summed E-state index contributed by atoms with van der Waals surface area (Å²) >= 11 is 12.4. The van der Waals surface area contributed by atoms with Crippen LogP contribution in [-0.2, 0) is 16.1 Å². The van der Waals surface area contributed by atoms with Gasteiger partial charge in [0.05, 0.1) is 0 Å². The summed E-state index contributed by atoms with van der Waals surface area (Å²) in [5.74, 6) is 0.144. The number of rotatable bonds is 10. The molecule has 0 aromatic heterocycles. The highest BCUT2D eigenvalue weighted by Crippen LogP contribution is 2.24. The smallest absolute Gasteiger partial charge is 0.261 e. The van der Waals surface area contributed by atoms with Gasteiger partial charge in [-0.25, -0.2) is 0 Å². The molecule has 0 aliphatic carbocycles. The molecule has 0 saturated heterocycles. The molecule has 2 atom stereocenters. The van der Waals surface area contributed by atoms with E-state index in [1.54, 1.807) is 18.2 Å². The highest BCUT2D eigenvalue weighted by Gasteiger charge is 2.30. The van der Waals surface area contributed by atoms with Crippen LogP contribution in [0.4, 0.5) is 0 Å². The van der Waals surface area contributed by atoms with Gasteiger partial charge in [-0.1, -0.05) is 49.2 Å². The fourth-order valence-electron chi connectivity index (χ4n) is 3.44. The SMILES string of the molecule is CC[C@H](C(=O)N[C@@H](C)CC)N(Cc1ccc(Cl)cc1Cl)C(=O)COc1cc(C)cc(C)c1. The van der Waals surface area contributed by atoms with Crippen LogP contribution >= 0.6 is 23.2 Å². The summed E-state index contributed by atoms with van der Waals surface area (Å²) in [6.45, 7) is 9.77. The largest absolute Gasteiger partial charge is 0.484 e. The molecule has 0 aliphatic heterocycles. The number of halogens is 2. The van der Waals surface area contributed by atoms with Crippen molar-refractivity contribution in [2.75, 3.05) is 6.61 Å². The summed E-state index contributed by atoms with van der Waals surface area (Å²) in [7, 11) is 0. The summed E-state index contributed by atoms with van der Waals surface area (Å²) in [5, 5.41) is 3.94. The first-order chi connectivity index (χ1) is 15.1. The summed E-state index contributed by atoms with van der Waals surface area (Å²) in [5.41, 5.74) is 2.82. The summed E-state index contributed by atoms with van der Waals surface area (Å²) < 4.78 is 5.80. The van der Waals surface area contributed by atoms with Gasteiger partial charge in [-0.05, 0) is 74.6 Å². The molecule has 2 aromatic rings. The molecule has 0 radical (unpaired) electrons. The number of aryl methyl sites for hydroxylation is 2. The monoisotopic (exact) mass is 478 g/mol. The molecule has 7 heteroatoms. The van der Waals surface area contributed by atoms with Gasteiger partial charge in [-0.15, -0.1) is 0 Å². The molecule has 1 N–H and O–H groups in total. The lowest BCUT2D eigenvalue weighted by molar-refractivity contribution is -0.143. The second-order valence-electron chi connectivity index (χ2n) is 8.11. The number of amides is 2. The van der Waals surface area contributed by atoms with Crippen LogP contribution in [0.3, 0.4) is 0 Å². The Labute approximate surface area is 201 Å². The van der Waals surface area contributed by atoms with Crippen molar-refractivity contribution >= 4 is 35.0 Å². The molecule has 2 rings (SSSR count). The lowest BCUT2D eigenvalue weighted by Crippen LogP contribution is -2.51. The van der Waals surface area contributed by atoms with Crippen molar-refractivity contribution in [3.8, 4) is 5.75 Å². The zero-order chi connectivity index (χ0) is 23.8. The minimum absolute atomic E-state index is 0.0131. The molecule has 0 saturated carbocycles. The van der Waals surface area contributed by atoms with Crippen molar-refractivity contribution in [3.05, 3.63) is 63.1 Å². The quantitative estimate of drug-likeness (QED) is 0.475. The summed E-state index contributed by atoms with van der Waals surface area (Å²) in [6.07, 6.45) is 1.26. The number of carbonyl (C=O) groups excluding carboxylic acids is 2. The molecule has 0 unspecified atom stereocenters. The third kappa shape index (κ3) is 7.42. The maximum absolute atomic E-state index is 13.3. The van der Waals surface area contributed by atoms with Gasteiger partial charge in [0, 0.05) is 22.6 Å². The lowest BCUT2D eigenvalue weighted by Gasteiger charge is -2.31. The van der Waals surface area contributed by atoms with E-state index >= 15 is 0 Å². The van der Waals surface area contributed by atoms with Gasteiger partial charge in [-0.3, -0.25) is 9.59 Å². The zero-order valence-electron chi connectivity index (χ0n) is 19.4. The van der Waals surface area contributed by atoms with Crippen LogP contribution in [0.25, 0.3) is 0 Å². The summed E-state index contributed by atoms with van der Waals surface area (Å²) in [6, 6.07) is 10.3. The van der Waals surface area contributed by atoms with Gasteiger partial charge in [0.2, 0.25) is 5.91 Å². The average molecular weight is 479 g/mol. The third-order valence-electron chi connectivity index (χ3n) is 5.30. The average Bonchev–Trinajstić information content (AvgIpc) is 2.72. The van der Waals surface area contributed by atoms with E-state index in [9.17, 15) is 9.59 Å². The summed E-state index contributed by atoms with van der Waals surface area (Å²) in [4.78, 5) is 27.8. The highest BCUT2D eigenvalue weighted by molar-refractivity contribution is 6.35. The fraction of sp³-hybridized carbons (Fsp3) is 0.440. The Balaban J connectivity index is 2.28. The fourth-order valence-corrected chi connectivity index (χ4v) is 3.91. The Kier molecular flexibility index (Phi) is 9.85. The Hall–Kier alpha value is -2.24. The van der Waals surface area contributed by atoms with Gasteiger partial charge in [0.25, 0.3) is 5.91 Å². The van der Waals surface area contributed by atoms with E-state index in [2.05, 4.69) is 5.32 Å². The van der Waals surface area contributed by atoms with E-state index in [0.717, 1.165) is 17.5 Å². The number of nitrogens with one attached hydrogen (secondary N) is 1. The molecule has 0 fully saturated rings. The molecule has 0 heterocycles. The molecule has 2 amide bonds. The first kappa shape index (κ1) is 26.0. The van der Waals surface area contributed by atoms with Gasteiger partial charge in [0.1, 0.15) is 11.8 Å². The molecular weight excluding hydrogens is 447 g/mol. The molecule has 32 heavy (non-hydrogen) atoms. The maximum Gasteiger partial charge on any atom is 0.261 e. The van der Waals surface area contributed by atoms with Gasteiger partial charge in [0.15, 0.2) is 6.61 Å². The number of benzene rings is 2. The maximum atomic E-state index is 13.3. The van der Waals surface area contributed by atoms with E-state index in [1.165, 1.54) is 4.90 Å². The van der Waals surface area contributed by atoms with Gasteiger partial charge < -0.3 is 15.0 Å². The van der Waals surface area contributed by atoms with Crippen LogP contribution in [-0.4, -0.2) is 35.4 Å². The molecule has 2 aromatic carbocycles. The minimum atomic E-state index is -0.647. The lowest BCUT2D eigenvalue weighted by atomic mass is 10.1. The first-order valence-corrected chi connectivity index (χ1v) is 11.6.